The van der Waals surface area contributed by atoms with Crippen LogP contribution in [0, 0.1) is 0 Å². The molecule has 0 aliphatic carbocycles. The molecular weight excluding hydrogens is 244 g/mol. The summed E-state index contributed by atoms with van der Waals surface area (Å²) in [4.78, 5) is 11.2. The summed E-state index contributed by atoms with van der Waals surface area (Å²) in [6.07, 6.45) is -2.87. The van der Waals surface area contributed by atoms with Gasteiger partial charge in [0.25, 0.3) is 0 Å². The number of halogens is 1. The maximum Gasteiger partial charge on any atom is 0.338 e. The molecule has 0 spiro atoms. The molecule has 0 aliphatic rings. The van der Waals surface area contributed by atoms with E-state index in [2.05, 4.69) is 4.74 Å². The summed E-state index contributed by atoms with van der Waals surface area (Å²) in [5.74, 6) is -0.460. The van der Waals surface area contributed by atoms with Crippen molar-refractivity contribution < 1.29 is 19.7 Å². The minimum atomic E-state index is -1.57. The Balaban J connectivity index is 2.73. The Labute approximate surface area is 105 Å². The second-order valence-electron chi connectivity index (χ2n) is 3.52. The minimum Gasteiger partial charge on any atom is -0.464 e. The van der Waals surface area contributed by atoms with Crippen LogP contribution in [0.4, 0.5) is 0 Å². The van der Waals surface area contributed by atoms with Crippen LogP contribution in [0.15, 0.2) is 24.3 Å². The van der Waals surface area contributed by atoms with Crippen LogP contribution in [0.25, 0.3) is 0 Å². The number of carbonyl (C=O) groups is 1. The van der Waals surface area contributed by atoms with Gasteiger partial charge in [0, 0.05) is 5.88 Å². The van der Waals surface area contributed by atoms with E-state index in [1.54, 1.807) is 31.2 Å². The average Bonchev–Trinajstić information content (AvgIpc) is 2.37. The average molecular weight is 259 g/mol. The summed E-state index contributed by atoms with van der Waals surface area (Å²) in [7, 11) is 0. The lowest BCUT2D eigenvalue weighted by Crippen LogP contribution is -2.29. The molecule has 1 aromatic rings. The van der Waals surface area contributed by atoms with E-state index in [9.17, 15) is 15.0 Å². The van der Waals surface area contributed by atoms with Crippen molar-refractivity contribution in [3.05, 3.63) is 35.4 Å². The number of benzene rings is 1. The van der Waals surface area contributed by atoms with E-state index in [1.165, 1.54) is 0 Å². The van der Waals surface area contributed by atoms with Crippen LogP contribution in [-0.2, 0) is 15.4 Å². The molecule has 0 heterocycles. The van der Waals surface area contributed by atoms with Crippen molar-refractivity contribution in [2.45, 2.75) is 25.0 Å². The summed E-state index contributed by atoms with van der Waals surface area (Å²) in [5, 5.41) is 19.3. The summed E-state index contributed by atoms with van der Waals surface area (Å²) < 4.78 is 4.62. The van der Waals surface area contributed by atoms with Gasteiger partial charge in [0.2, 0.25) is 0 Å². The third kappa shape index (κ3) is 3.70. The first-order valence-electron chi connectivity index (χ1n) is 5.27. The molecular formula is C12H15ClO4. The molecule has 2 atom stereocenters. The normalized spacial score (nSPS) is 14.1. The molecule has 0 saturated carbocycles. The van der Waals surface area contributed by atoms with Crippen molar-refractivity contribution >= 4 is 17.6 Å². The van der Waals surface area contributed by atoms with Crippen LogP contribution in [0.1, 0.15) is 24.2 Å². The second-order valence-corrected chi connectivity index (χ2v) is 3.78. The molecule has 17 heavy (non-hydrogen) atoms. The number of alkyl halides is 1. The van der Waals surface area contributed by atoms with Crippen molar-refractivity contribution in [3.8, 4) is 0 Å². The third-order valence-electron chi connectivity index (χ3n) is 2.30. The fourth-order valence-corrected chi connectivity index (χ4v) is 1.52. The summed E-state index contributed by atoms with van der Waals surface area (Å²) in [6.45, 7) is 1.79. The van der Waals surface area contributed by atoms with Gasteiger partial charge >= 0.3 is 5.97 Å². The molecule has 5 heteroatoms. The van der Waals surface area contributed by atoms with Crippen molar-refractivity contribution in [2.75, 3.05) is 6.61 Å². The van der Waals surface area contributed by atoms with E-state index in [-0.39, 0.29) is 6.61 Å². The zero-order valence-electron chi connectivity index (χ0n) is 9.47. The Morgan fingerprint density at radius 2 is 1.94 bits per heavy atom. The smallest absolute Gasteiger partial charge is 0.338 e. The van der Waals surface area contributed by atoms with Crippen LogP contribution < -0.4 is 0 Å². The lowest BCUT2D eigenvalue weighted by Gasteiger charge is -2.16. The highest BCUT2D eigenvalue weighted by Crippen LogP contribution is 2.19. The number of hydrogen-bond donors (Lipinski definition) is 2. The molecule has 0 saturated heterocycles. The van der Waals surface area contributed by atoms with Crippen LogP contribution >= 0.6 is 11.6 Å². The SMILES string of the molecule is CCOC(=O)C(O)C(O)c1ccc(CCl)cc1. The number of aliphatic hydroxyl groups is 2. The first-order valence-corrected chi connectivity index (χ1v) is 5.81. The number of rotatable bonds is 5. The lowest BCUT2D eigenvalue weighted by molar-refractivity contribution is -0.159. The maximum absolute atomic E-state index is 11.2. The molecule has 0 aromatic heterocycles. The standard InChI is InChI=1S/C12H15ClO4/c1-2-17-12(16)11(15)10(14)9-5-3-8(7-13)4-6-9/h3-6,10-11,14-15H,2,7H2,1H3. The third-order valence-corrected chi connectivity index (χ3v) is 2.61. The van der Waals surface area contributed by atoms with Crippen molar-refractivity contribution in [1.82, 2.24) is 0 Å². The maximum atomic E-state index is 11.2. The summed E-state index contributed by atoms with van der Waals surface area (Å²) >= 11 is 5.63. The van der Waals surface area contributed by atoms with Gasteiger partial charge in [-0.1, -0.05) is 24.3 Å². The molecule has 2 unspecified atom stereocenters. The monoisotopic (exact) mass is 258 g/mol. The van der Waals surface area contributed by atoms with E-state index < -0.39 is 18.2 Å². The van der Waals surface area contributed by atoms with Gasteiger partial charge in [-0.2, -0.15) is 0 Å². The van der Waals surface area contributed by atoms with Crippen LogP contribution in [0.3, 0.4) is 0 Å². The van der Waals surface area contributed by atoms with Gasteiger partial charge in [-0.15, -0.1) is 11.6 Å². The first kappa shape index (κ1) is 14.0. The highest BCUT2D eigenvalue weighted by molar-refractivity contribution is 6.17. The fraction of sp³-hybridized carbons (Fsp3) is 0.417. The summed E-state index contributed by atoms with van der Waals surface area (Å²) in [5.41, 5.74) is 1.34. The van der Waals surface area contributed by atoms with Gasteiger partial charge in [-0.25, -0.2) is 4.79 Å². The molecule has 94 valence electrons. The Morgan fingerprint density at radius 3 is 2.41 bits per heavy atom. The molecule has 1 rings (SSSR count). The highest BCUT2D eigenvalue weighted by atomic mass is 35.5. The van der Waals surface area contributed by atoms with Gasteiger partial charge in [-0.3, -0.25) is 0 Å². The Hall–Kier alpha value is -1.10. The van der Waals surface area contributed by atoms with Gasteiger partial charge in [0.15, 0.2) is 6.10 Å². The second kappa shape index (κ2) is 6.59. The van der Waals surface area contributed by atoms with Gasteiger partial charge in [0.05, 0.1) is 6.61 Å². The van der Waals surface area contributed by atoms with E-state index in [0.29, 0.717) is 11.4 Å². The molecule has 0 aliphatic heterocycles. The fourth-order valence-electron chi connectivity index (χ4n) is 1.34. The molecule has 0 amide bonds. The number of esters is 1. The van der Waals surface area contributed by atoms with Crippen molar-refractivity contribution in [2.24, 2.45) is 0 Å². The lowest BCUT2D eigenvalue weighted by atomic mass is 10.0. The molecule has 2 N–H and O–H groups in total. The van der Waals surface area contributed by atoms with E-state index in [4.69, 9.17) is 11.6 Å². The Kier molecular flexibility index (Phi) is 5.41. The Morgan fingerprint density at radius 1 is 1.35 bits per heavy atom. The van der Waals surface area contributed by atoms with Gasteiger partial charge in [0.1, 0.15) is 6.10 Å². The molecule has 0 radical (unpaired) electrons. The zero-order chi connectivity index (χ0) is 12.8. The number of aliphatic hydroxyl groups excluding tert-OH is 2. The minimum absolute atomic E-state index is 0.161. The summed E-state index contributed by atoms with van der Waals surface area (Å²) in [6, 6.07) is 6.68. The molecule has 0 bridgehead atoms. The first-order chi connectivity index (χ1) is 8.10. The molecule has 1 aromatic carbocycles. The topological polar surface area (TPSA) is 66.8 Å². The van der Waals surface area contributed by atoms with E-state index in [1.807, 2.05) is 0 Å². The van der Waals surface area contributed by atoms with Crippen LogP contribution in [0.2, 0.25) is 0 Å². The largest absolute Gasteiger partial charge is 0.464 e. The quantitative estimate of drug-likeness (QED) is 0.619. The van der Waals surface area contributed by atoms with E-state index in [0.717, 1.165) is 5.56 Å². The van der Waals surface area contributed by atoms with Crippen molar-refractivity contribution in [1.29, 1.82) is 0 Å². The molecule has 0 fully saturated rings. The number of carbonyl (C=O) groups excluding carboxylic acids is 1. The van der Waals surface area contributed by atoms with Crippen molar-refractivity contribution in [3.63, 3.8) is 0 Å². The van der Waals surface area contributed by atoms with Crippen LogP contribution in [0.5, 0.6) is 0 Å². The zero-order valence-corrected chi connectivity index (χ0v) is 10.2. The number of ether oxygens (including phenoxy) is 1. The van der Waals surface area contributed by atoms with Crippen LogP contribution in [-0.4, -0.2) is 28.9 Å². The number of hydrogen-bond acceptors (Lipinski definition) is 4. The molecule has 4 nitrogen and oxygen atoms in total. The van der Waals surface area contributed by atoms with Gasteiger partial charge in [-0.05, 0) is 18.1 Å². The van der Waals surface area contributed by atoms with Gasteiger partial charge < -0.3 is 14.9 Å². The predicted octanol–water partition coefficient (Wildman–Crippen LogP) is 1.38. The highest BCUT2D eigenvalue weighted by Gasteiger charge is 2.26. The predicted molar refractivity (Wildman–Crippen MR) is 63.6 cm³/mol. The Bertz CT molecular complexity index is 363. The van der Waals surface area contributed by atoms with E-state index >= 15 is 0 Å².